The van der Waals surface area contributed by atoms with Crippen molar-refractivity contribution >= 4 is 33.4 Å². The minimum absolute atomic E-state index is 0.0678. The predicted octanol–water partition coefficient (Wildman–Crippen LogP) is 5.51. The molecule has 0 aliphatic carbocycles. The Morgan fingerprint density at radius 1 is 0.893 bits per heavy atom. The molecule has 2 heterocycles. The van der Waals surface area contributed by atoms with Crippen molar-refractivity contribution < 1.29 is 14.3 Å². The highest BCUT2D eigenvalue weighted by Crippen LogP contribution is 2.38. The fourth-order valence-electron chi connectivity index (χ4n) is 4.17. The van der Waals surface area contributed by atoms with Crippen molar-refractivity contribution in [1.29, 1.82) is 0 Å². The lowest BCUT2D eigenvalue weighted by molar-refractivity contribution is 0.104. The third-order valence-electron chi connectivity index (χ3n) is 5.56. The molecular formula is C24H21NO3. The van der Waals surface area contributed by atoms with Crippen LogP contribution in [0.15, 0.2) is 65.1 Å². The first-order valence-electron chi connectivity index (χ1n) is 9.75. The number of phenolic OH excluding ortho intramolecular Hbond substituents is 1. The third-order valence-corrected chi connectivity index (χ3v) is 5.56. The van der Waals surface area contributed by atoms with E-state index in [0.29, 0.717) is 28.0 Å². The maximum atomic E-state index is 13.7. The van der Waals surface area contributed by atoms with Gasteiger partial charge in [-0.15, -0.1) is 0 Å². The van der Waals surface area contributed by atoms with Crippen molar-refractivity contribution in [2.24, 2.45) is 0 Å². The second-order valence-electron chi connectivity index (χ2n) is 7.37. The largest absolute Gasteiger partial charge is 0.508 e. The van der Waals surface area contributed by atoms with E-state index in [4.69, 9.17) is 4.42 Å². The van der Waals surface area contributed by atoms with Crippen LogP contribution in [0.25, 0.3) is 21.7 Å². The normalized spacial score (nSPS) is 14.6. The number of aromatic hydroxyl groups is 1. The molecule has 3 aromatic carbocycles. The molecule has 1 aliphatic heterocycles. The molecule has 4 nitrogen and oxygen atoms in total. The van der Waals surface area contributed by atoms with E-state index in [-0.39, 0.29) is 11.5 Å². The number of fused-ring (bicyclic) bond motifs is 2. The number of hydrogen-bond donors (Lipinski definition) is 1. The Morgan fingerprint density at radius 2 is 1.68 bits per heavy atom. The van der Waals surface area contributed by atoms with Crippen molar-refractivity contribution in [1.82, 2.24) is 0 Å². The van der Waals surface area contributed by atoms with Gasteiger partial charge in [0.05, 0.1) is 5.56 Å². The molecule has 5 rings (SSSR count). The van der Waals surface area contributed by atoms with Crippen molar-refractivity contribution in [3.8, 4) is 5.75 Å². The van der Waals surface area contributed by atoms with Gasteiger partial charge in [0.25, 0.3) is 0 Å². The molecule has 4 heteroatoms. The summed E-state index contributed by atoms with van der Waals surface area (Å²) in [4.78, 5) is 15.9. The highest BCUT2D eigenvalue weighted by atomic mass is 16.4. The van der Waals surface area contributed by atoms with Gasteiger partial charge in [-0.25, -0.2) is 0 Å². The fourth-order valence-corrected chi connectivity index (χ4v) is 4.17. The summed E-state index contributed by atoms with van der Waals surface area (Å²) in [6.07, 6.45) is 3.37. The van der Waals surface area contributed by atoms with Crippen LogP contribution in [0, 0.1) is 0 Å². The number of benzene rings is 3. The number of ketones is 1. The molecule has 1 aromatic heterocycles. The molecular weight excluding hydrogens is 350 g/mol. The summed E-state index contributed by atoms with van der Waals surface area (Å²) in [7, 11) is 0. The van der Waals surface area contributed by atoms with E-state index in [1.54, 1.807) is 18.2 Å². The van der Waals surface area contributed by atoms with E-state index in [9.17, 15) is 9.90 Å². The van der Waals surface area contributed by atoms with E-state index in [0.717, 1.165) is 36.7 Å². The quantitative estimate of drug-likeness (QED) is 0.482. The second-order valence-corrected chi connectivity index (χ2v) is 7.37. The average molecular weight is 371 g/mol. The minimum Gasteiger partial charge on any atom is -0.508 e. The molecule has 1 saturated heterocycles. The van der Waals surface area contributed by atoms with Crippen molar-refractivity contribution in [3.63, 3.8) is 0 Å². The molecule has 28 heavy (non-hydrogen) atoms. The maximum Gasteiger partial charge on any atom is 0.208 e. The van der Waals surface area contributed by atoms with E-state index >= 15 is 0 Å². The Balaban J connectivity index is 1.74. The van der Waals surface area contributed by atoms with Gasteiger partial charge in [0.2, 0.25) is 5.88 Å². The summed E-state index contributed by atoms with van der Waals surface area (Å²) in [5, 5.41) is 12.7. The van der Waals surface area contributed by atoms with Crippen molar-refractivity contribution in [2.75, 3.05) is 18.0 Å². The minimum atomic E-state index is -0.0678. The maximum absolute atomic E-state index is 13.7. The summed E-state index contributed by atoms with van der Waals surface area (Å²) in [6.45, 7) is 1.75. The first-order valence-corrected chi connectivity index (χ1v) is 9.75. The lowest BCUT2D eigenvalue weighted by atomic mass is 9.96. The number of carbonyl (C=O) groups excluding carboxylic acids is 1. The van der Waals surface area contributed by atoms with Crippen LogP contribution in [0.4, 0.5) is 5.88 Å². The highest BCUT2D eigenvalue weighted by molar-refractivity contribution is 6.23. The Kier molecular flexibility index (Phi) is 4.05. The molecule has 0 atom stereocenters. The summed E-state index contributed by atoms with van der Waals surface area (Å²) < 4.78 is 6.14. The zero-order valence-electron chi connectivity index (χ0n) is 15.5. The van der Waals surface area contributed by atoms with Crippen LogP contribution in [0.2, 0.25) is 0 Å². The Labute approximate surface area is 163 Å². The van der Waals surface area contributed by atoms with Gasteiger partial charge >= 0.3 is 0 Å². The van der Waals surface area contributed by atoms with E-state index < -0.39 is 0 Å². The van der Waals surface area contributed by atoms with Gasteiger partial charge in [0.15, 0.2) is 5.78 Å². The number of nitrogens with zero attached hydrogens (tertiary/aromatic N) is 1. The standard InChI is InChI=1S/C24H21NO3/c26-17-11-12-21-20(15-17)22(24(28-21)25-13-4-1-5-14-25)23(27)19-10-6-8-16-7-2-3-9-18(16)19/h2-3,6-12,15,26H,1,4-5,13-14H2. The first-order chi connectivity index (χ1) is 13.7. The zero-order valence-corrected chi connectivity index (χ0v) is 15.5. The second kappa shape index (κ2) is 6.71. The monoisotopic (exact) mass is 371 g/mol. The lowest BCUT2D eigenvalue weighted by Gasteiger charge is -2.27. The molecule has 0 radical (unpaired) electrons. The molecule has 0 saturated carbocycles. The Hall–Kier alpha value is -3.27. The van der Waals surface area contributed by atoms with Gasteiger partial charge < -0.3 is 14.4 Å². The highest BCUT2D eigenvalue weighted by Gasteiger charge is 2.27. The van der Waals surface area contributed by atoms with Crippen LogP contribution in [0.5, 0.6) is 5.75 Å². The molecule has 1 N–H and O–H groups in total. The zero-order chi connectivity index (χ0) is 19.1. The van der Waals surface area contributed by atoms with Crippen LogP contribution in [-0.2, 0) is 0 Å². The van der Waals surface area contributed by atoms with Crippen molar-refractivity contribution in [2.45, 2.75) is 19.3 Å². The van der Waals surface area contributed by atoms with Crippen LogP contribution in [0.3, 0.4) is 0 Å². The fraction of sp³-hybridized carbons (Fsp3) is 0.208. The molecule has 1 fully saturated rings. The number of hydrogen-bond acceptors (Lipinski definition) is 4. The molecule has 140 valence electrons. The van der Waals surface area contributed by atoms with E-state index in [2.05, 4.69) is 4.90 Å². The Morgan fingerprint density at radius 3 is 2.54 bits per heavy atom. The number of anilines is 1. The molecule has 0 spiro atoms. The molecule has 0 bridgehead atoms. The molecule has 0 amide bonds. The van der Waals surface area contributed by atoms with Crippen molar-refractivity contribution in [3.05, 3.63) is 71.8 Å². The summed E-state index contributed by atoms with van der Waals surface area (Å²) in [5.74, 6) is 0.686. The van der Waals surface area contributed by atoms with Gasteiger partial charge in [-0.05, 0) is 48.2 Å². The molecule has 4 aromatic rings. The smallest absolute Gasteiger partial charge is 0.208 e. The lowest BCUT2D eigenvalue weighted by Crippen LogP contribution is -2.30. The number of carbonyl (C=O) groups is 1. The van der Waals surface area contributed by atoms with Gasteiger partial charge in [-0.2, -0.15) is 0 Å². The summed E-state index contributed by atoms with van der Waals surface area (Å²) in [6, 6.07) is 18.7. The van der Waals surface area contributed by atoms with Gasteiger partial charge in [-0.3, -0.25) is 4.79 Å². The topological polar surface area (TPSA) is 53.7 Å². The van der Waals surface area contributed by atoms with Gasteiger partial charge in [0.1, 0.15) is 11.3 Å². The van der Waals surface area contributed by atoms with E-state index in [1.807, 2.05) is 42.5 Å². The van der Waals surface area contributed by atoms with Crippen LogP contribution in [0.1, 0.15) is 35.2 Å². The first kappa shape index (κ1) is 16.9. The molecule has 1 aliphatic rings. The summed E-state index contributed by atoms with van der Waals surface area (Å²) >= 11 is 0. The summed E-state index contributed by atoms with van der Waals surface area (Å²) in [5.41, 5.74) is 1.83. The Bertz CT molecular complexity index is 1180. The number of piperidine rings is 1. The third kappa shape index (κ3) is 2.73. The van der Waals surface area contributed by atoms with Gasteiger partial charge in [-0.1, -0.05) is 42.5 Å². The van der Waals surface area contributed by atoms with Crippen LogP contribution in [-0.4, -0.2) is 24.0 Å². The number of phenols is 1. The average Bonchev–Trinajstić information content (AvgIpc) is 3.12. The number of rotatable bonds is 3. The number of furan rings is 1. The molecule has 0 unspecified atom stereocenters. The van der Waals surface area contributed by atoms with Gasteiger partial charge in [0, 0.05) is 24.0 Å². The SMILES string of the molecule is O=C(c1cccc2ccccc12)c1c(N2CCCCC2)oc2ccc(O)cc12. The predicted molar refractivity (Wildman–Crippen MR) is 111 cm³/mol. The van der Waals surface area contributed by atoms with Crippen LogP contribution >= 0.6 is 0 Å². The van der Waals surface area contributed by atoms with Crippen LogP contribution < -0.4 is 4.90 Å². The van der Waals surface area contributed by atoms with E-state index in [1.165, 1.54) is 6.42 Å².